The Hall–Kier alpha value is -2.02. The Morgan fingerprint density at radius 2 is 2.27 bits per heavy atom. The molecule has 0 heterocycles. The number of carbonyl (C=O) groups excluding carboxylic acids is 1. The summed E-state index contributed by atoms with van der Waals surface area (Å²) in [4.78, 5) is 11.4. The average molecular weight is 205 g/mol. The summed E-state index contributed by atoms with van der Waals surface area (Å²) in [6.45, 7) is 2.04. The zero-order valence-electron chi connectivity index (χ0n) is 8.61. The highest BCUT2D eigenvalue weighted by atomic mass is 16.5. The lowest BCUT2D eigenvalue weighted by Gasteiger charge is -2.07. The van der Waals surface area contributed by atoms with Gasteiger partial charge in [0.2, 0.25) is 0 Å². The first-order chi connectivity index (χ1) is 7.22. The monoisotopic (exact) mass is 205 g/mol. The molecular formula is C11H11NO3. The van der Waals surface area contributed by atoms with Crippen LogP contribution in [0.5, 0.6) is 5.75 Å². The molecule has 4 heteroatoms. The number of hydrogen-bond acceptors (Lipinski definition) is 4. The first-order valence-electron chi connectivity index (χ1n) is 4.48. The van der Waals surface area contributed by atoms with E-state index in [1.165, 1.54) is 19.2 Å². The molecule has 0 aliphatic heterocycles. The topological polar surface area (TPSA) is 59.3 Å². The predicted octanol–water partition coefficient (Wildman–Crippen LogP) is 1.74. The van der Waals surface area contributed by atoms with E-state index in [1.54, 1.807) is 13.0 Å². The summed E-state index contributed by atoms with van der Waals surface area (Å²) in [7, 11) is 1.44. The SMILES string of the molecule is CCOC(=O)c1ccc(C#N)cc1OC. The molecule has 1 aromatic carbocycles. The molecule has 0 N–H and O–H groups in total. The normalized spacial score (nSPS) is 9.13. The van der Waals surface area contributed by atoms with Crippen molar-refractivity contribution in [3.8, 4) is 11.8 Å². The number of hydrogen-bond donors (Lipinski definition) is 0. The van der Waals surface area contributed by atoms with Gasteiger partial charge in [-0.05, 0) is 25.1 Å². The van der Waals surface area contributed by atoms with Crippen LogP contribution in [0.4, 0.5) is 0 Å². The smallest absolute Gasteiger partial charge is 0.341 e. The van der Waals surface area contributed by atoms with Gasteiger partial charge in [-0.1, -0.05) is 0 Å². The van der Waals surface area contributed by atoms with Crippen molar-refractivity contribution < 1.29 is 14.3 Å². The van der Waals surface area contributed by atoms with Crippen LogP contribution in [-0.2, 0) is 4.74 Å². The Morgan fingerprint density at radius 3 is 2.80 bits per heavy atom. The van der Waals surface area contributed by atoms with Crippen LogP contribution in [0.2, 0.25) is 0 Å². The van der Waals surface area contributed by atoms with Gasteiger partial charge in [-0.25, -0.2) is 4.79 Å². The highest BCUT2D eigenvalue weighted by Gasteiger charge is 2.13. The lowest BCUT2D eigenvalue weighted by atomic mass is 10.1. The number of nitriles is 1. The Balaban J connectivity index is 3.08. The van der Waals surface area contributed by atoms with Crippen LogP contribution in [0.3, 0.4) is 0 Å². The van der Waals surface area contributed by atoms with Crippen molar-refractivity contribution in [2.75, 3.05) is 13.7 Å². The number of carbonyl (C=O) groups is 1. The fourth-order valence-corrected chi connectivity index (χ4v) is 1.14. The molecule has 0 bridgehead atoms. The third-order valence-electron chi connectivity index (χ3n) is 1.83. The Bertz CT molecular complexity index is 407. The number of benzene rings is 1. The van der Waals surface area contributed by atoms with Crippen LogP contribution < -0.4 is 4.74 Å². The Kier molecular flexibility index (Phi) is 3.69. The summed E-state index contributed by atoms with van der Waals surface area (Å²) in [5.41, 5.74) is 0.776. The molecule has 0 fully saturated rings. The van der Waals surface area contributed by atoms with Gasteiger partial charge in [0.05, 0.1) is 25.3 Å². The molecule has 0 aromatic heterocycles. The fraction of sp³-hybridized carbons (Fsp3) is 0.273. The highest BCUT2D eigenvalue weighted by Crippen LogP contribution is 2.20. The number of rotatable bonds is 3. The van der Waals surface area contributed by atoms with Crippen molar-refractivity contribution in [1.82, 2.24) is 0 Å². The lowest BCUT2D eigenvalue weighted by Crippen LogP contribution is -2.06. The summed E-state index contributed by atoms with van der Waals surface area (Å²) in [6, 6.07) is 6.55. The van der Waals surface area contributed by atoms with Crippen LogP contribution in [0.15, 0.2) is 18.2 Å². The first kappa shape index (κ1) is 11.1. The number of esters is 1. The van der Waals surface area contributed by atoms with Crippen molar-refractivity contribution in [2.45, 2.75) is 6.92 Å². The minimum atomic E-state index is -0.446. The van der Waals surface area contributed by atoms with Crippen LogP contribution in [0.1, 0.15) is 22.8 Å². The second-order valence-electron chi connectivity index (χ2n) is 2.75. The average Bonchev–Trinajstić information content (AvgIpc) is 2.28. The first-order valence-corrected chi connectivity index (χ1v) is 4.48. The van der Waals surface area contributed by atoms with Gasteiger partial charge in [0.1, 0.15) is 11.3 Å². The second kappa shape index (κ2) is 5.01. The van der Waals surface area contributed by atoms with Gasteiger partial charge in [-0.2, -0.15) is 5.26 Å². The van der Waals surface area contributed by atoms with E-state index < -0.39 is 5.97 Å². The summed E-state index contributed by atoms with van der Waals surface area (Å²) in [5.74, 6) is -0.0914. The van der Waals surface area contributed by atoms with Gasteiger partial charge in [0, 0.05) is 0 Å². The standard InChI is InChI=1S/C11H11NO3/c1-3-15-11(13)9-5-4-8(7-12)6-10(9)14-2/h4-6H,3H2,1-2H3. The summed E-state index contributed by atoms with van der Waals surface area (Å²) >= 11 is 0. The molecule has 0 amide bonds. The van der Waals surface area contributed by atoms with E-state index in [0.29, 0.717) is 23.5 Å². The third-order valence-corrected chi connectivity index (χ3v) is 1.83. The van der Waals surface area contributed by atoms with Crippen molar-refractivity contribution in [3.05, 3.63) is 29.3 Å². The number of ether oxygens (including phenoxy) is 2. The van der Waals surface area contributed by atoms with Crippen LogP contribution in [0.25, 0.3) is 0 Å². The molecule has 0 spiro atoms. The van der Waals surface area contributed by atoms with E-state index in [2.05, 4.69) is 0 Å². The molecule has 78 valence electrons. The Labute approximate surface area is 88.0 Å². The fourth-order valence-electron chi connectivity index (χ4n) is 1.14. The molecule has 0 saturated carbocycles. The van der Waals surface area contributed by atoms with E-state index in [-0.39, 0.29) is 0 Å². The van der Waals surface area contributed by atoms with E-state index >= 15 is 0 Å². The van der Waals surface area contributed by atoms with Crippen LogP contribution in [-0.4, -0.2) is 19.7 Å². The molecule has 0 unspecified atom stereocenters. The third kappa shape index (κ3) is 2.47. The van der Waals surface area contributed by atoms with Crippen molar-refractivity contribution in [2.24, 2.45) is 0 Å². The maximum Gasteiger partial charge on any atom is 0.341 e. The minimum absolute atomic E-state index is 0.308. The molecule has 0 aliphatic rings. The van der Waals surface area contributed by atoms with Crippen LogP contribution in [0, 0.1) is 11.3 Å². The number of nitrogens with zero attached hydrogens (tertiary/aromatic N) is 1. The Morgan fingerprint density at radius 1 is 1.53 bits per heavy atom. The van der Waals surface area contributed by atoms with Crippen molar-refractivity contribution in [3.63, 3.8) is 0 Å². The maximum atomic E-state index is 11.4. The zero-order chi connectivity index (χ0) is 11.3. The molecule has 0 saturated heterocycles. The van der Waals surface area contributed by atoms with Gasteiger partial charge in [-0.3, -0.25) is 0 Å². The molecule has 0 atom stereocenters. The summed E-state index contributed by atoms with van der Waals surface area (Å²) in [6.07, 6.45) is 0. The van der Waals surface area contributed by atoms with E-state index in [4.69, 9.17) is 14.7 Å². The molecule has 0 radical (unpaired) electrons. The van der Waals surface area contributed by atoms with E-state index in [9.17, 15) is 4.79 Å². The quantitative estimate of drug-likeness (QED) is 0.705. The predicted molar refractivity (Wildman–Crippen MR) is 53.7 cm³/mol. The van der Waals surface area contributed by atoms with Gasteiger partial charge >= 0.3 is 5.97 Å². The highest BCUT2D eigenvalue weighted by molar-refractivity contribution is 5.92. The number of methoxy groups -OCH3 is 1. The second-order valence-corrected chi connectivity index (χ2v) is 2.75. The van der Waals surface area contributed by atoms with Crippen molar-refractivity contribution >= 4 is 5.97 Å². The van der Waals surface area contributed by atoms with E-state index in [0.717, 1.165) is 0 Å². The van der Waals surface area contributed by atoms with Crippen LogP contribution >= 0.6 is 0 Å². The maximum absolute atomic E-state index is 11.4. The van der Waals surface area contributed by atoms with E-state index in [1.807, 2.05) is 6.07 Å². The molecule has 4 nitrogen and oxygen atoms in total. The summed E-state index contributed by atoms with van der Waals surface area (Å²) < 4.78 is 9.85. The van der Waals surface area contributed by atoms with Gasteiger partial charge in [0.25, 0.3) is 0 Å². The van der Waals surface area contributed by atoms with Gasteiger partial charge < -0.3 is 9.47 Å². The lowest BCUT2D eigenvalue weighted by molar-refractivity contribution is 0.0522. The summed E-state index contributed by atoms with van der Waals surface area (Å²) in [5, 5.41) is 8.67. The molecule has 1 aromatic rings. The zero-order valence-corrected chi connectivity index (χ0v) is 8.61. The molecular weight excluding hydrogens is 194 g/mol. The largest absolute Gasteiger partial charge is 0.496 e. The molecule has 15 heavy (non-hydrogen) atoms. The van der Waals surface area contributed by atoms with Gasteiger partial charge in [-0.15, -0.1) is 0 Å². The molecule has 0 aliphatic carbocycles. The molecule has 1 rings (SSSR count). The van der Waals surface area contributed by atoms with Gasteiger partial charge in [0.15, 0.2) is 0 Å². The minimum Gasteiger partial charge on any atom is -0.496 e. The van der Waals surface area contributed by atoms with Crippen molar-refractivity contribution in [1.29, 1.82) is 5.26 Å².